The van der Waals surface area contributed by atoms with Crippen LogP contribution in [0.1, 0.15) is 6.42 Å². The molecule has 124 valence electrons. The molecule has 0 radical (unpaired) electrons. The third-order valence-electron chi connectivity index (χ3n) is 3.76. The average molecular weight is 377 g/mol. The lowest BCUT2D eigenvalue weighted by Gasteiger charge is -2.17. The van der Waals surface area contributed by atoms with Crippen LogP contribution in [-0.4, -0.2) is 31.8 Å². The number of ether oxygens (including phenoxy) is 2. The fourth-order valence-electron chi connectivity index (χ4n) is 2.67. The van der Waals surface area contributed by atoms with Gasteiger partial charge in [0.05, 0.1) is 17.2 Å². The number of rotatable bonds is 3. The SMILES string of the molecule is COC(=O)C1CC(Oc2c(Cl)cc(Cl)c3ccccc23)CN1.Cl. The predicted octanol–water partition coefficient (Wildman–Crippen LogP) is 3.85. The maximum Gasteiger partial charge on any atom is 0.323 e. The van der Waals surface area contributed by atoms with Crippen LogP contribution >= 0.6 is 35.6 Å². The van der Waals surface area contributed by atoms with Gasteiger partial charge in [0.2, 0.25) is 0 Å². The summed E-state index contributed by atoms with van der Waals surface area (Å²) in [5.41, 5.74) is 0. The Labute approximate surface area is 150 Å². The number of fused-ring (bicyclic) bond motifs is 1. The zero-order valence-electron chi connectivity index (χ0n) is 12.3. The van der Waals surface area contributed by atoms with Crippen molar-refractivity contribution in [2.45, 2.75) is 18.6 Å². The molecule has 2 aromatic carbocycles. The minimum absolute atomic E-state index is 0. The van der Waals surface area contributed by atoms with Gasteiger partial charge < -0.3 is 14.8 Å². The van der Waals surface area contributed by atoms with E-state index in [1.165, 1.54) is 7.11 Å². The highest BCUT2D eigenvalue weighted by atomic mass is 35.5. The van der Waals surface area contributed by atoms with E-state index < -0.39 is 0 Å². The number of nitrogens with one attached hydrogen (secondary N) is 1. The van der Waals surface area contributed by atoms with Crippen LogP contribution in [0.3, 0.4) is 0 Å². The number of benzene rings is 2. The first-order chi connectivity index (χ1) is 10.6. The Morgan fingerprint density at radius 3 is 2.61 bits per heavy atom. The van der Waals surface area contributed by atoms with Crippen molar-refractivity contribution in [3.8, 4) is 5.75 Å². The molecule has 1 aliphatic heterocycles. The van der Waals surface area contributed by atoms with Crippen molar-refractivity contribution in [3.05, 3.63) is 40.4 Å². The monoisotopic (exact) mass is 375 g/mol. The molecule has 0 amide bonds. The largest absolute Gasteiger partial charge is 0.487 e. The first-order valence-electron chi connectivity index (χ1n) is 6.94. The highest BCUT2D eigenvalue weighted by molar-refractivity contribution is 6.39. The number of hydrogen-bond donors (Lipinski definition) is 1. The van der Waals surface area contributed by atoms with Gasteiger partial charge in [0, 0.05) is 23.7 Å². The molecule has 7 heteroatoms. The Hall–Kier alpha value is -1.20. The van der Waals surface area contributed by atoms with Crippen LogP contribution in [0.4, 0.5) is 0 Å². The minimum Gasteiger partial charge on any atom is -0.487 e. The molecule has 1 aliphatic rings. The van der Waals surface area contributed by atoms with Gasteiger partial charge >= 0.3 is 5.97 Å². The standard InChI is InChI=1S/C16H15Cl2NO3.ClH/c1-21-16(20)14-6-9(8-19-14)22-15-11-5-3-2-4-10(11)12(17)7-13(15)18;/h2-5,7,9,14,19H,6,8H2,1H3;1H. The number of carbonyl (C=O) groups is 1. The summed E-state index contributed by atoms with van der Waals surface area (Å²) >= 11 is 12.5. The molecule has 4 nitrogen and oxygen atoms in total. The number of carbonyl (C=O) groups excluding carboxylic acids is 1. The Bertz CT molecular complexity index is 723. The van der Waals surface area contributed by atoms with Crippen molar-refractivity contribution in [1.29, 1.82) is 0 Å². The van der Waals surface area contributed by atoms with Crippen LogP contribution in [0.2, 0.25) is 10.0 Å². The molecule has 0 spiro atoms. The summed E-state index contributed by atoms with van der Waals surface area (Å²) in [4.78, 5) is 11.6. The summed E-state index contributed by atoms with van der Waals surface area (Å²) in [5.74, 6) is 0.317. The van der Waals surface area contributed by atoms with Gasteiger partial charge in [0.15, 0.2) is 0 Å². The van der Waals surface area contributed by atoms with Crippen molar-refractivity contribution in [2.24, 2.45) is 0 Å². The van der Waals surface area contributed by atoms with Gasteiger partial charge in [-0.25, -0.2) is 0 Å². The normalized spacial score (nSPS) is 20.1. The lowest BCUT2D eigenvalue weighted by molar-refractivity contribution is -0.142. The third kappa shape index (κ3) is 3.66. The van der Waals surface area contributed by atoms with E-state index in [1.54, 1.807) is 6.07 Å². The fraction of sp³-hybridized carbons (Fsp3) is 0.312. The molecule has 0 aromatic heterocycles. The van der Waals surface area contributed by atoms with E-state index in [0.717, 1.165) is 10.8 Å². The highest BCUT2D eigenvalue weighted by Crippen LogP contribution is 2.39. The van der Waals surface area contributed by atoms with Gasteiger partial charge in [-0.3, -0.25) is 4.79 Å². The van der Waals surface area contributed by atoms with Gasteiger partial charge in [-0.1, -0.05) is 47.5 Å². The Morgan fingerprint density at radius 2 is 1.91 bits per heavy atom. The first-order valence-corrected chi connectivity index (χ1v) is 7.70. The van der Waals surface area contributed by atoms with E-state index in [1.807, 2.05) is 24.3 Å². The van der Waals surface area contributed by atoms with Crippen molar-refractivity contribution in [1.82, 2.24) is 5.32 Å². The van der Waals surface area contributed by atoms with Crippen molar-refractivity contribution in [3.63, 3.8) is 0 Å². The van der Waals surface area contributed by atoms with E-state index in [4.69, 9.17) is 32.7 Å². The predicted molar refractivity (Wildman–Crippen MR) is 94.1 cm³/mol. The Balaban J connectivity index is 0.00000192. The molecule has 2 aromatic rings. The highest BCUT2D eigenvalue weighted by Gasteiger charge is 2.32. The number of methoxy groups -OCH3 is 1. The van der Waals surface area contributed by atoms with Gasteiger partial charge in [0.25, 0.3) is 0 Å². The molecule has 1 N–H and O–H groups in total. The minimum atomic E-state index is -0.340. The topological polar surface area (TPSA) is 47.6 Å². The zero-order chi connectivity index (χ0) is 15.7. The van der Waals surface area contributed by atoms with E-state index in [9.17, 15) is 4.79 Å². The lowest BCUT2D eigenvalue weighted by Crippen LogP contribution is -2.31. The Kier molecular flexibility index (Phi) is 5.98. The van der Waals surface area contributed by atoms with Crippen molar-refractivity contribution in [2.75, 3.05) is 13.7 Å². The second-order valence-corrected chi connectivity index (χ2v) is 5.99. The van der Waals surface area contributed by atoms with Crippen LogP contribution < -0.4 is 10.1 Å². The van der Waals surface area contributed by atoms with Crippen LogP contribution in [0.5, 0.6) is 5.75 Å². The van der Waals surface area contributed by atoms with Gasteiger partial charge in [0.1, 0.15) is 17.9 Å². The average Bonchev–Trinajstić information content (AvgIpc) is 2.99. The summed E-state index contributed by atoms with van der Waals surface area (Å²) in [7, 11) is 1.38. The molecular weight excluding hydrogens is 361 g/mol. The van der Waals surface area contributed by atoms with Crippen molar-refractivity contribution >= 4 is 52.4 Å². The molecule has 0 aliphatic carbocycles. The Morgan fingerprint density at radius 1 is 1.22 bits per heavy atom. The summed E-state index contributed by atoms with van der Waals surface area (Å²) in [5, 5.41) is 5.89. The quantitative estimate of drug-likeness (QED) is 0.827. The molecule has 1 fully saturated rings. The molecule has 0 saturated carbocycles. The van der Waals surface area contributed by atoms with Gasteiger partial charge in [-0.15, -0.1) is 12.4 Å². The molecule has 2 unspecified atom stereocenters. The fourth-order valence-corrected chi connectivity index (χ4v) is 3.26. The second kappa shape index (κ2) is 7.58. The third-order valence-corrected chi connectivity index (χ3v) is 4.35. The van der Waals surface area contributed by atoms with E-state index in [2.05, 4.69) is 5.32 Å². The zero-order valence-corrected chi connectivity index (χ0v) is 14.7. The smallest absolute Gasteiger partial charge is 0.323 e. The van der Waals surface area contributed by atoms with Crippen LogP contribution in [0.15, 0.2) is 30.3 Å². The first kappa shape index (κ1) is 18.1. The number of halogens is 3. The molecule has 2 atom stereocenters. The maximum atomic E-state index is 11.6. The molecule has 1 saturated heterocycles. The summed E-state index contributed by atoms with van der Waals surface area (Å²) < 4.78 is 10.8. The van der Waals surface area contributed by atoms with Crippen molar-refractivity contribution < 1.29 is 14.3 Å². The molecule has 0 bridgehead atoms. The maximum absolute atomic E-state index is 11.6. The molecule has 1 heterocycles. The van der Waals surface area contributed by atoms with E-state index in [0.29, 0.717) is 28.8 Å². The molecule has 23 heavy (non-hydrogen) atoms. The van der Waals surface area contributed by atoms with Crippen LogP contribution in [-0.2, 0) is 9.53 Å². The van der Waals surface area contributed by atoms with Crippen LogP contribution in [0, 0.1) is 0 Å². The number of hydrogen-bond acceptors (Lipinski definition) is 4. The summed E-state index contributed by atoms with van der Waals surface area (Å²) in [6, 6.07) is 9.00. The summed E-state index contributed by atoms with van der Waals surface area (Å²) in [6.07, 6.45) is 0.395. The second-order valence-electron chi connectivity index (χ2n) is 5.17. The summed E-state index contributed by atoms with van der Waals surface area (Å²) in [6.45, 7) is 0.563. The molecular formula is C16H16Cl3NO3. The molecule has 3 rings (SSSR count). The van der Waals surface area contributed by atoms with Gasteiger partial charge in [-0.05, 0) is 6.07 Å². The van der Waals surface area contributed by atoms with Crippen LogP contribution in [0.25, 0.3) is 10.8 Å². The lowest BCUT2D eigenvalue weighted by atomic mass is 10.1. The van der Waals surface area contributed by atoms with Gasteiger partial charge in [-0.2, -0.15) is 0 Å². The van der Waals surface area contributed by atoms with E-state index >= 15 is 0 Å². The number of esters is 1. The van der Waals surface area contributed by atoms with E-state index in [-0.39, 0.29) is 30.5 Å².